The monoisotopic (exact) mass is 164 g/mol. The molecular formula is C6H14NO2S-. The zero-order valence-corrected chi connectivity index (χ0v) is 7.70. The first-order valence-corrected chi connectivity index (χ1v) is 4.16. The third-order valence-corrected chi connectivity index (χ3v) is 1.59. The van der Waals surface area contributed by atoms with Crippen molar-refractivity contribution in [3.8, 4) is 0 Å². The van der Waals surface area contributed by atoms with Gasteiger partial charge in [-0.05, 0) is 12.5 Å². The average molecular weight is 164 g/mol. The molecule has 62 valence electrons. The van der Waals surface area contributed by atoms with Gasteiger partial charge in [0.1, 0.15) is 0 Å². The van der Waals surface area contributed by atoms with Crippen molar-refractivity contribution in [2.24, 2.45) is 5.41 Å². The third-order valence-electron chi connectivity index (χ3n) is 0.951. The summed E-state index contributed by atoms with van der Waals surface area (Å²) in [5.41, 5.74) is 0.0365. The minimum atomic E-state index is -2.07. The van der Waals surface area contributed by atoms with Gasteiger partial charge in [0, 0.05) is 17.8 Å². The minimum Gasteiger partial charge on any atom is -0.760 e. The van der Waals surface area contributed by atoms with E-state index in [1.54, 1.807) is 7.05 Å². The number of nitrogens with zero attached hydrogens (tertiary/aromatic N) is 1. The molecule has 0 spiro atoms. The molecular weight excluding hydrogens is 150 g/mol. The van der Waals surface area contributed by atoms with Crippen LogP contribution < -0.4 is 0 Å². The molecule has 0 fully saturated rings. The van der Waals surface area contributed by atoms with Crippen molar-refractivity contribution in [3.05, 3.63) is 0 Å². The van der Waals surface area contributed by atoms with Crippen LogP contribution in [0.4, 0.5) is 0 Å². The first-order valence-electron chi connectivity index (χ1n) is 3.13. The SMILES string of the molecule is CN(CC(C)(C)C)S(=O)[O-]. The largest absolute Gasteiger partial charge is 0.760 e. The normalized spacial score (nSPS) is 15.8. The van der Waals surface area contributed by atoms with Crippen LogP contribution in [0, 0.1) is 5.41 Å². The summed E-state index contributed by atoms with van der Waals surface area (Å²) >= 11 is -2.07. The van der Waals surface area contributed by atoms with E-state index in [1.807, 2.05) is 20.8 Å². The molecule has 0 aliphatic heterocycles. The highest BCUT2D eigenvalue weighted by molar-refractivity contribution is 7.76. The lowest BCUT2D eigenvalue weighted by molar-refractivity contribution is 0.304. The van der Waals surface area contributed by atoms with E-state index in [2.05, 4.69) is 0 Å². The topological polar surface area (TPSA) is 43.4 Å². The van der Waals surface area contributed by atoms with Crippen molar-refractivity contribution < 1.29 is 8.76 Å². The third kappa shape index (κ3) is 4.90. The van der Waals surface area contributed by atoms with Crippen LogP contribution >= 0.6 is 0 Å². The average Bonchev–Trinajstić information content (AvgIpc) is 1.60. The van der Waals surface area contributed by atoms with Gasteiger partial charge in [-0.15, -0.1) is 0 Å². The number of hydrogen-bond acceptors (Lipinski definition) is 2. The van der Waals surface area contributed by atoms with Gasteiger partial charge < -0.3 is 4.55 Å². The second-order valence-corrected chi connectivity index (χ2v) is 4.62. The fourth-order valence-electron chi connectivity index (χ4n) is 0.721. The van der Waals surface area contributed by atoms with Gasteiger partial charge in [-0.2, -0.15) is 0 Å². The molecule has 0 aromatic rings. The zero-order chi connectivity index (χ0) is 8.36. The Morgan fingerprint density at radius 2 is 1.90 bits per heavy atom. The lowest BCUT2D eigenvalue weighted by atomic mass is 9.97. The van der Waals surface area contributed by atoms with Crippen molar-refractivity contribution in [2.75, 3.05) is 13.6 Å². The second-order valence-electron chi connectivity index (χ2n) is 3.56. The molecule has 0 aliphatic carbocycles. The summed E-state index contributed by atoms with van der Waals surface area (Å²) in [6, 6.07) is 0. The van der Waals surface area contributed by atoms with E-state index < -0.39 is 11.3 Å². The Hall–Kier alpha value is 0.0700. The Morgan fingerprint density at radius 3 is 2.00 bits per heavy atom. The quantitative estimate of drug-likeness (QED) is 0.565. The number of rotatable bonds is 2. The van der Waals surface area contributed by atoms with Crippen LogP contribution in [0.5, 0.6) is 0 Å². The molecule has 0 rings (SSSR count). The van der Waals surface area contributed by atoms with Gasteiger partial charge in [-0.25, -0.2) is 4.31 Å². The smallest absolute Gasteiger partial charge is 0.0206 e. The molecule has 1 unspecified atom stereocenters. The predicted octanol–water partition coefficient (Wildman–Crippen LogP) is 0.758. The van der Waals surface area contributed by atoms with Gasteiger partial charge in [0.25, 0.3) is 0 Å². The molecule has 0 saturated carbocycles. The summed E-state index contributed by atoms with van der Waals surface area (Å²) in [4.78, 5) is 0. The van der Waals surface area contributed by atoms with E-state index in [0.717, 1.165) is 0 Å². The highest BCUT2D eigenvalue weighted by atomic mass is 32.2. The van der Waals surface area contributed by atoms with Gasteiger partial charge in [0.15, 0.2) is 0 Å². The van der Waals surface area contributed by atoms with E-state index in [1.165, 1.54) is 4.31 Å². The summed E-state index contributed by atoms with van der Waals surface area (Å²) < 4.78 is 21.9. The standard InChI is InChI=1S/C6H15NO2S/c1-6(2,3)5-7(4)10(8)9/h5H2,1-4H3,(H,8,9)/p-1. The summed E-state index contributed by atoms with van der Waals surface area (Å²) in [6.45, 7) is 6.55. The number of hydrogen-bond donors (Lipinski definition) is 0. The van der Waals surface area contributed by atoms with Crippen LogP contribution in [0.25, 0.3) is 0 Å². The lowest BCUT2D eigenvalue weighted by Crippen LogP contribution is -2.30. The van der Waals surface area contributed by atoms with Crippen LogP contribution in [-0.2, 0) is 11.3 Å². The first kappa shape index (κ1) is 10.1. The Kier molecular flexibility index (Phi) is 3.48. The van der Waals surface area contributed by atoms with Crippen molar-refractivity contribution in [2.45, 2.75) is 20.8 Å². The zero-order valence-electron chi connectivity index (χ0n) is 6.88. The molecule has 1 atom stereocenters. The molecule has 10 heavy (non-hydrogen) atoms. The first-order chi connectivity index (χ1) is 4.33. The maximum atomic E-state index is 10.3. The highest BCUT2D eigenvalue weighted by Gasteiger charge is 2.13. The lowest BCUT2D eigenvalue weighted by Gasteiger charge is -2.27. The molecule has 0 aromatic carbocycles. The van der Waals surface area contributed by atoms with Crippen molar-refractivity contribution in [1.82, 2.24) is 4.31 Å². The van der Waals surface area contributed by atoms with Crippen LogP contribution in [0.1, 0.15) is 20.8 Å². The minimum absolute atomic E-state index is 0.0365. The maximum absolute atomic E-state index is 10.3. The Labute approximate surface area is 64.8 Å². The van der Waals surface area contributed by atoms with Crippen LogP contribution in [0.2, 0.25) is 0 Å². The second kappa shape index (κ2) is 3.46. The van der Waals surface area contributed by atoms with E-state index >= 15 is 0 Å². The van der Waals surface area contributed by atoms with E-state index in [-0.39, 0.29) is 5.41 Å². The van der Waals surface area contributed by atoms with Crippen molar-refractivity contribution in [3.63, 3.8) is 0 Å². The fourth-order valence-corrected chi connectivity index (χ4v) is 1.21. The summed E-state index contributed by atoms with van der Waals surface area (Å²) in [6.07, 6.45) is 0. The van der Waals surface area contributed by atoms with Gasteiger partial charge in [-0.1, -0.05) is 20.8 Å². The summed E-state index contributed by atoms with van der Waals surface area (Å²) in [5, 5.41) is 0. The summed E-state index contributed by atoms with van der Waals surface area (Å²) in [7, 11) is 1.56. The van der Waals surface area contributed by atoms with Gasteiger partial charge in [0.2, 0.25) is 0 Å². The summed E-state index contributed by atoms with van der Waals surface area (Å²) in [5.74, 6) is 0. The van der Waals surface area contributed by atoms with E-state index in [0.29, 0.717) is 6.54 Å². The molecule has 0 aliphatic rings. The Morgan fingerprint density at radius 1 is 1.50 bits per heavy atom. The van der Waals surface area contributed by atoms with Gasteiger partial charge in [-0.3, -0.25) is 4.21 Å². The van der Waals surface area contributed by atoms with Crippen molar-refractivity contribution in [1.29, 1.82) is 0 Å². The molecule has 4 heteroatoms. The van der Waals surface area contributed by atoms with Crippen molar-refractivity contribution >= 4 is 11.3 Å². The molecule has 0 amide bonds. The van der Waals surface area contributed by atoms with Crippen LogP contribution in [0.3, 0.4) is 0 Å². The molecule has 0 saturated heterocycles. The maximum Gasteiger partial charge on any atom is 0.0206 e. The van der Waals surface area contributed by atoms with Gasteiger partial charge in [0.05, 0.1) is 0 Å². The molecule has 3 nitrogen and oxygen atoms in total. The molecule has 0 N–H and O–H groups in total. The fraction of sp³-hybridized carbons (Fsp3) is 1.00. The predicted molar refractivity (Wildman–Crippen MR) is 41.0 cm³/mol. The molecule has 0 aromatic heterocycles. The highest BCUT2D eigenvalue weighted by Crippen LogP contribution is 2.14. The van der Waals surface area contributed by atoms with Crippen LogP contribution in [-0.4, -0.2) is 26.7 Å². The Balaban J connectivity index is 3.80. The van der Waals surface area contributed by atoms with E-state index in [9.17, 15) is 8.76 Å². The van der Waals surface area contributed by atoms with Crippen LogP contribution in [0.15, 0.2) is 0 Å². The molecule has 0 heterocycles. The van der Waals surface area contributed by atoms with E-state index in [4.69, 9.17) is 0 Å². The van der Waals surface area contributed by atoms with Gasteiger partial charge >= 0.3 is 0 Å². The Bertz CT molecular complexity index is 130. The molecule has 0 bridgehead atoms. The molecule has 0 radical (unpaired) electrons.